The van der Waals surface area contributed by atoms with Crippen molar-refractivity contribution in [1.82, 2.24) is 5.32 Å². The van der Waals surface area contributed by atoms with Crippen LogP contribution in [0.2, 0.25) is 0 Å². The second-order valence-corrected chi connectivity index (χ2v) is 7.42. The Labute approximate surface area is 139 Å². The van der Waals surface area contributed by atoms with Crippen LogP contribution in [0.1, 0.15) is 58.9 Å². The van der Waals surface area contributed by atoms with E-state index in [0.29, 0.717) is 0 Å². The van der Waals surface area contributed by atoms with Gasteiger partial charge < -0.3 is 10.2 Å². The molecule has 0 saturated heterocycles. The van der Waals surface area contributed by atoms with Crippen molar-refractivity contribution in [2.24, 2.45) is 0 Å². The summed E-state index contributed by atoms with van der Waals surface area (Å²) in [7, 11) is 0. The van der Waals surface area contributed by atoms with Crippen LogP contribution in [-0.2, 0) is 15.0 Å². The number of benzene rings is 1. The molecule has 2 rings (SSSR count). The molecule has 1 aliphatic carbocycles. The fourth-order valence-electron chi connectivity index (χ4n) is 3.20. The first kappa shape index (κ1) is 17.5. The van der Waals surface area contributed by atoms with Gasteiger partial charge in [-0.05, 0) is 29.9 Å². The average Bonchev–Trinajstić information content (AvgIpc) is 2.96. The molecule has 0 unspecified atom stereocenters. The van der Waals surface area contributed by atoms with Gasteiger partial charge in [-0.1, -0.05) is 51.8 Å². The van der Waals surface area contributed by atoms with Crippen LogP contribution in [0.4, 0.5) is 5.69 Å². The van der Waals surface area contributed by atoms with Gasteiger partial charge in [0.2, 0.25) is 11.8 Å². The second kappa shape index (κ2) is 7.16. The molecule has 0 bridgehead atoms. The molecule has 0 heterocycles. The number of anilines is 1. The molecule has 1 aliphatic rings. The van der Waals surface area contributed by atoms with E-state index in [9.17, 15) is 9.59 Å². The molecule has 0 spiro atoms. The maximum Gasteiger partial charge on any atom is 0.240 e. The lowest BCUT2D eigenvalue weighted by molar-refractivity contribution is -0.123. The zero-order valence-corrected chi connectivity index (χ0v) is 14.7. The number of amides is 2. The highest BCUT2D eigenvalue weighted by atomic mass is 16.2. The van der Waals surface area contributed by atoms with Crippen LogP contribution >= 0.6 is 0 Å². The minimum atomic E-state index is -0.108. The number of hydrogen-bond acceptors (Lipinski definition) is 2. The van der Waals surface area contributed by atoms with Gasteiger partial charge in [0.15, 0.2) is 0 Å². The van der Waals surface area contributed by atoms with E-state index < -0.39 is 0 Å². The zero-order chi connectivity index (χ0) is 17.0. The lowest BCUT2D eigenvalue weighted by Crippen LogP contribution is -2.43. The highest BCUT2D eigenvalue weighted by Gasteiger charge is 2.25. The van der Waals surface area contributed by atoms with Crippen LogP contribution in [0.3, 0.4) is 0 Å². The van der Waals surface area contributed by atoms with Gasteiger partial charge in [-0.15, -0.1) is 0 Å². The number of rotatable bonds is 4. The molecular formula is C19H28N2O2. The Balaban J connectivity index is 2.19. The molecule has 1 aromatic rings. The summed E-state index contributed by atoms with van der Waals surface area (Å²) in [5.41, 5.74) is 1.81. The second-order valence-electron chi connectivity index (χ2n) is 7.42. The monoisotopic (exact) mass is 316 g/mol. The minimum absolute atomic E-state index is 0.0733. The Hall–Kier alpha value is -1.84. The molecule has 0 aromatic heterocycles. The molecule has 1 aromatic carbocycles. The smallest absolute Gasteiger partial charge is 0.240 e. The first-order valence-corrected chi connectivity index (χ1v) is 8.46. The normalized spacial score (nSPS) is 15.5. The summed E-state index contributed by atoms with van der Waals surface area (Å²) in [4.78, 5) is 26.1. The van der Waals surface area contributed by atoms with Gasteiger partial charge in [-0.3, -0.25) is 9.59 Å². The molecule has 0 aliphatic heterocycles. The highest BCUT2D eigenvalue weighted by molar-refractivity contribution is 5.98. The SMILES string of the molecule is CC(=O)N(CC(=O)NC1CCCC1)c1ccccc1C(C)(C)C. The third-order valence-electron chi connectivity index (χ3n) is 4.40. The van der Waals surface area contributed by atoms with E-state index >= 15 is 0 Å². The molecule has 126 valence electrons. The predicted octanol–water partition coefficient (Wildman–Crippen LogP) is 3.40. The number of hydrogen-bond donors (Lipinski definition) is 1. The van der Waals surface area contributed by atoms with Crippen molar-refractivity contribution in [3.8, 4) is 0 Å². The summed E-state index contributed by atoms with van der Waals surface area (Å²) in [6, 6.07) is 8.11. The van der Waals surface area contributed by atoms with Crippen molar-refractivity contribution in [2.75, 3.05) is 11.4 Å². The molecule has 4 heteroatoms. The molecule has 1 saturated carbocycles. The van der Waals surface area contributed by atoms with Crippen LogP contribution in [0.25, 0.3) is 0 Å². The molecule has 2 amide bonds. The highest BCUT2D eigenvalue weighted by Crippen LogP contribution is 2.32. The summed E-state index contributed by atoms with van der Waals surface area (Å²) in [5.74, 6) is -0.181. The zero-order valence-electron chi connectivity index (χ0n) is 14.7. The maximum atomic E-state index is 12.3. The van der Waals surface area contributed by atoms with Crippen molar-refractivity contribution >= 4 is 17.5 Å². The Bertz CT molecular complexity index is 569. The number of nitrogens with one attached hydrogen (secondary N) is 1. The van der Waals surface area contributed by atoms with E-state index in [0.717, 1.165) is 24.1 Å². The predicted molar refractivity (Wildman–Crippen MR) is 93.6 cm³/mol. The third-order valence-corrected chi connectivity index (χ3v) is 4.40. The number of nitrogens with zero attached hydrogens (tertiary/aromatic N) is 1. The Kier molecular flexibility index (Phi) is 5.45. The quantitative estimate of drug-likeness (QED) is 0.925. The van der Waals surface area contributed by atoms with Crippen LogP contribution in [-0.4, -0.2) is 24.4 Å². The Morgan fingerprint density at radius 1 is 1.17 bits per heavy atom. The molecule has 1 N–H and O–H groups in total. The van der Waals surface area contributed by atoms with Gasteiger partial charge >= 0.3 is 0 Å². The summed E-state index contributed by atoms with van der Waals surface area (Å²) >= 11 is 0. The summed E-state index contributed by atoms with van der Waals surface area (Å²) < 4.78 is 0. The van der Waals surface area contributed by atoms with Gasteiger partial charge in [0.1, 0.15) is 6.54 Å². The van der Waals surface area contributed by atoms with Crippen molar-refractivity contribution in [1.29, 1.82) is 0 Å². The van der Waals surface area contributed by atoms with Crippen molar-refractivity contribution < 1.29 is 9.59 Å². The van der Waals surface area contributed by atoms with E-state index in [4.69, 9.17) is 0 Å². The van der Waals surface area contributed by atoms with Gasteiger partial charge in [0.05, 0.1) is 0 Å². The molecule has 1 fully saturated rings. The number of para-hydroxylation sites is 1. The first-order chi connectivity index (χ1) is 10.8. The van der Waals surface area contributed by atoms with Gasteiger partial charge in [-0.25, -0.2) is 0 Å². The summed E-state index contributed by atoms with van der Waals surface area (Å²) in [6.45, 7) is 7.94. The van der Waals surface area contributed by atoms with Crippen molar-refractivity contribution in [3.05, 3.63) is 29.8 Å². The summed E-state index contributed by atoms with van der Waals surface area (Å²) in [6.07, 6.45) is 4.44. The minimum Gasteiger partial charge on any atom is -0.352 e. The average molecular weight is 316 g/mol. The lowest BCUT2D eigenvalue weighted by Gasteiger charge is -2.29. The van der Waals surface area contributed by atoms with E-state index in [2.05, 4.69) is 26.1 Å². The molecule has 23 heavy (non-hydrogen) atoms. The largest absolute Gasteiger partial charge is 0.352 e. The van der Waals surface area contributed by atoms with E-state index in [-0.39, 0.29) is 29.8 Å². The van der Waals surface area contributed by atoms with E-state index in [1.165, 1.54) is 19.8 Å². The van der Waals surface area contributed by atoms with E-state index in [1.54, 1.807) is 4.90 Å². The van der Waals surface area contributed by atoms with Crippen molar-refractivity contribution in [3.63, 3.8) is 0 Å². The Morgan fingerprint density at radius 3 is 2.35 bits per heavy atom. The lowest BCUT2D eigenvalue weighted by atomic mass is 9.85. The van der Waals surface area contributed by atoms with Gasteiger partial charge in [0.25, 0.3) is 0 Å². The van der Waals surface area contributed by atoms with Crippen LogP contribution in [0.5, 0.6) is 0 Å². The van der Waals surface area contributed by atoms with Gasteiger partial charge in [0, 0.05) is 18.7 Å². The fraction of sp³-hybridized carbons (Fsp3) is 0.579. The van der Waals surface area contributed by atoms with Crippen LogP contribution in [0, 0.1) is 0 Å². The van der Waals surface area contributed by atoms with Crippen LogP contribution < -0.4 is 10.2 Å². The van der Waals surface area contributed by atoms with Crippen LogP contribution in [0.15, 0.2) is 24.3 Å². The molecule has 0 atom stereocenters. The Morgan fingerprint density at radius 2 is 1.78 bits per heavy atom. The number of carbonyl (C=O) groups is 2. The summed E-state index contributed by atoms with van der Waals surface area (Å²) in [5, 5.41) is 3.06. The third kappa shape index (κ3) is 4.57. The molecular weight excluding hydrogens is 288 g/mol. The van der Waals surface area contributed by atoms with Gasteiger partial charge in [-0.2, -0.15) is 0 Å². The topological polar surface area (TPSA) is 49.4 Å². The fourth-order valence-corrected chi connectivity index (χ4v) is 3.20. The standard InChI is InChI=1S/C19H28N2O2/c1-14(22)21(13-18(23)20-15-9-5-6-10-15)17-12-8-7-11-16(17)19(2,3)4/h7-8,11-12,15H,5-6,9-10,13H2,1-4H3,(H,20,23). The maximum absolute atomic E-state index is 12.3. The van der Waals surface area contributed by atoms with E-state index in [1.807, 2.05) is 24.3 Å². The molecule has 4 nitrogen and oxygen atoms in total. The first-order valence-electron chi connectivity index (χ1n) is 8.46. The number of carbonyl (C=O) groups excluding carboxylic acids is 2. The molecule has 0 radical (unpaired) electrons. The van der Waals surface area contributed by atoms with Crippen molar-refractivity contribution in [2.45, 2.75) is 64.8 Å².